The van der Waals surface area contributed by atoms with Gasteiger partial charge in [-0.15, -0.1) is 0 Å². The highest BCUT2D eigenvalue weighted by Crippen LogP contribution is 2.40. The smallest absolute Gasteiger partial charge is 0.405 e. The molecule has 2 aliphatic heterocycles. The van der Waals surface area contributed by atoms with E-state index in [1.54, 1.807) is 0 Å². The normalized spacial score (nSPS) is 25.9. The Hall–Kier alpha value is -1.85. The molecule has 0 saturated carbocycles. The molecule has 0 N–H and O–H groups in total. The molecule has 32 heavy (non-hydrogen) atoms. The quantitative estimate of drug-likeness (QED) is 0.448. The zero-order chi connectivity index (χ0) is 22.9. The maximum absolute atomic E-state index is 6.54. The van der Waals surface area contributed by atoms with Crippen LogP contribution in [-0.4, -0.2) is 37.6 Å². The van der Waals surface area contributed by atoms with Crippen LogP contribution in [-0.2, 0) is 18.6 Å². The molecule has 2 aromatic rings. The Morgan fingerprint density at radius 2 is 1.00 bits per heavy atom. The zero-order valence-electron chi connectivity index (χ0n) is 20.1. The Labute approximate surface area is 193 Å². The summed E-state index contributed by atoms with van der Waals surface area (Å²) in [5.41, 5.74) is 3.42. The van der Waals surface area contributed by atoms with Crippen molar-refractivity contribution in [3.63, 3.8) is 0 Å². The first kappa shape index (κ1) is 23.3. The van der Waals surface area contributed by atoms with E-state index in [2.05, 4.69) is 65.8 Å². The molecule has 2 unspecified atom stereocenters. The van der Waals surface area contributed by atoms with Gasteiger partial charge in [0.15, 0.2) is 0 Å². The van der Waals surface area contributed by atoms with Crippen LogP contribution in [0.25, 0.3) is 10.9 Å². The third kappa shape index (κ3) is 5.37. The molecule has 2 heterocycles. The summed E-state index contributed by atoms with van der Waals surface area (Å²) < 4.78 is 25.9. The second-order valence-electron chi connectivity index (χ2n) is 10.3. The van der Waals surface area contributed by atoms with Crippen LogP contribution < -0.4 is 0 Å². The van der Waals surface area contributed by atoms with Crippen LogP contribution in [0.1, 0.15) is 65.5 Å². The molecule has 6 heteroatoms. The molecular formula is C26H34B2O4. The number of rotatable bonds is 4. The van der Waals surface area contributed by atoms with Gasteiger partial charge in [-0.25, -0.2) is 0 Å². The summed E-state index contributed by atoms with van der Waals surface area (Å²) in [4.78, 5) is 0. The fourth-order valence-corrected chi connectivity index (χ4v) is 4.96. The Morgan fingerprint density at radius 3 is 1.31 bits per heavy atom. The summed E-state index contributed by atoms with van der Waals surface area (Å²) in [7, 11) is -1.06. The van der Waals surface area contributed by atoms with E-state index >= 15 is 0 Å². The lowest BCUT2D eigenvalue weighted by molar-refractivity contribution is -0.0246. The Morgan fingerprint density at radius 1 is 0.656 bits per heavy atom. The highest BCUT2D eigenvalue weighted by molar-refractivity contribution is 6.82. The lowest BCUT2D eigenvalue weighted by Crippen LogP contribution is -2.49. The minimum Gasteiger partial charge on any atom is -0.405 e. The Kier molecular flexibility index (Phi) is 6.69. The lowest BCUT2D eigenvalue weighted by Gasteiger charge is -2.42. The van der Waals surface area contributed by atoms with E-state index in [9.17, 15) is 0 Å². The third-order valence-electron chi connectivity index (χ3n) is 6.05. The van der Waals surface area contributed by atoms with Crippen molar-refractivity contribution in [2.24, 2.45) is 0 Å². The first-order valence-corrected chi connectivity index (χ1v) is 11.6. The standard InChI is InChI=1S/C26H34B2O4/c1-19-17-25(3,4)31-27(29-19)23(21-13-9-7-10-14-21)24(22-15-11-8-12-16-22)28-30-20(2)18-26(5,6)32-28/h7-16,19-20H,17-18H2,1-6H3. The van der Waals surface area contributed by atoms with Gasteiger partial charge in [0.2, 0.25) is 0 Å². The summed E-state index contributed by atoms with van der Waals surface area (Å²) in [6, 6.07) is 20.7. The van der Waals surface area contributed by atoms with E-state index in [-0.39, 0.29) is 23.4 Å². The van der Waals surface area contributed by atoms with Gasteiger partial charge in [-0.1, -0.05) is 60.7 Å². The Balaban J connectivity index is 1.94. The predicted octanol–water partition coefficient (Wildman–Crippen LogP) is 5.86. The van der Waals surface area contributed by atoms with Crippen LogP contribution in [0.5, 0.6) is 0 Å². The third-order valence-corrected chi connectivity index (χ3v) is 6.05. The summed E-state index contributed by atoms with van der Waals surface area (Å²) in [5, 5.41) is 0. The first-order valence-electron chi connectivity index (χ1n) is 11.6. The largest absolute Gasteiger partial charge is 0.494 e. The maximum Gasteiger partial charge on any atom is 0.494 e. The molecule has 0 aliphatic carbocycles. The van der Waals surface area contributed by atoms with E-state index in [0.717, 1.165) is 34.9 Å². The lowest BCUT2D eigenvalue weighted by atomic mass is 9.58. The molecule has 168 valence electrons. The topological polar surface area (TPSA) is 36.9 Å². The molecular weight excluding hydrogens is 398 g/mol. The van der Waals surface area contributed by atoms with Gasteiger partial charge < -0.3 is 18.6 Å². The summed E-state index contributed by atoms with van der Waals surface area (Å²) in [6.45, 7) is 12.7. The zero-order valence-corrected chi connectivity index (χ0v) is 20.1. The molecule has 2 atom stereocenters. The molecule has 2 aliphatic rings. The fourth-order valence-electron chi connectivity index (χ4n) is 4.96. The number of benzene rings is 2. The van der Waals surface area contributed by atoms with Crippen LogP contribution in [0.4, 0.5) is 0 Å². The SMILES string of the molecule is CC1CC(C)(C)OB(C(=C(B2OC(C)CC(C)(C)O2)c2ccccc2)c2ccccc2)O1. The van der Waals surface area contributed by atoms with Crippen molar-refractivity contribution in [1.29, 1.82) is 0 Å². The van der Waals surface area contributed by atoms with Crippen LogP contribution in [0.2, 0.25) is 0 Å². The summed E-state index contributed by atoms with van der Waals surface area (Å²) in [6.07, 6.45) is 1.82. The molecule has 0 bridgehead atoms. The molecule has 0 aromatic heterocycles. The van der Waals surface area contributed by atoms with Gasteiger partial charge in [-0.05, 0) is 76.5 Å². The van der Waals surface area contributed by atoms with Gasteiger partial charge in [0, 0.05) is 12.2 Å². The number of hydrogen-bond acceptors (Lipinski definition) is 4. The van der Waals surface area contributed by atoms with Crippen molar-refractivity contribution in [3.8, 4) is 0 Å². The first-order chi connectivity index (χ1) is 15.1. The van der Waals surface area contributed by atoms with Crippen LogP contribution in [0.15, 0.2) is 60.7 Å². The molecule has 0 radical (unpaired) electrons. The van der Waals surface area contributed by atoms with Crippen molar-refractivity contribution < 1.29 is 18.6 Å². The van der Waals surface area contributed by atoms with Gasteiger partial charge >= 0.3 is 14.2 Å². The van der Waals surface area contributed by atoms with Gasteiger partial charge in [-0.2, -0.15) is 0 Å². The summed E-state index contributed by atoms with van der Waals surface area (Å²) in [5.74, 6) is 0. The Bertz CT molecular complexity index is 865. The van der Waals surface area contributed by atoms with Crippen molar-refractivity contribution in [2.75, 3.05) is 0 Å². The highest BCUT2D eigenvalue weighted by Gasteiger charge is 2.46. The molecule has 0 spiro atoms. The van der Waals surface area contributed by atoms with Crippen molar-refractivity contribution in [3.05, 3.63) is 71.8 Å². The fraction of sp³-hybridized carbons (Fsp3) is 0.462. The average molecular weight is 432 g/mol. The minimum absolute atomic E-state index is 0.0723. The van der Waals surface area contributed by atoms with Crippen molar-refractivity contribution >= 4 is 25.2 Å². The van der Waals surface area contributed by atoms with E-state index in [1.165, 1.54) is 0 Å². The second kappa shape index (κ2) is 9.18. The second-order valence-corrected chi connectivity index (χ2v) is 10.3. The number of hydrogen-bond donors (Lipinski definition) is 0. The average Bonchev–Trinajstić information content (AvgIpc) is 2.70. The van der Waals surface area contributed by atoms with Crippen LogP contribution >= 0.6 is 0 Å². The van der Waals surface area contributed by atoms with E-state index in [4.69, 9.17) is 18.6 Å². The minimum atomic E-state index is -0.529. The van der Waals surface area contributed by atoms with E-state index in [0.29, 0.717) is 0 Å². The van der Waals surface area contributed by atoms with E-state index < -0.39 is 14.2 Å². The predicted molar refractivity (Wildman–Crippen MR) is 132 cm³/mol. The van der Waals surface area contributed by atoms with Gasteiger partial charge in [0.1, 0.15) is 0 Å². The van der Waals surface area contributed by atoms with Crippen molar-refractivity contribution in [1.82, 2.24) is 0 Å². The molecule has 2 fully saturated rings. The molecule has 4 rings (SSSR count). The molecule has 2 saturated heterocycles. The molecule has 0 amide bonds. The van der Waals surface area contributed by atoms with Crippen LogP contribution in [0, 0.1) is 0 Å². The van der Waals surface area contributed by atoms with Crippen molar-refractivity contribution in [2.45, 2.75) is 77.8 Å². The highest BCUT2D eigenvalue weighted by atomic mass is 16.6. The van der Waals surface area contributed by atoms with Crippen LogP contribution in [0.3, 0.4) is 0 Å². The van der Waals surface area contributed by atoms with Gasteiger partial charge in [-0.3, -0.25) is 0 Å². The molecule has 2 aromatic carbocycles. The maximum atomic E-state index is 6.54. The summed E-state index contributed by atoms with van der Waals surface area (Å²) >= 11 is 0. The van der Waals surface area contributed by atoms with E-state index in [1.807, 2.05) is 36.4 Å². The molecule has 4 nitrogen and oxygen atoms in total. The van der Waals surface area contributed by atoms with Gasteiger partial charge in [0.25, 0.3) is 0 Å². The van der Waals surface area contributed by atoms with Gasteiger partial charge in [0.05, 0.1) is 11.2 Å². The monoisotopic (exact) mass is 432 g/mol.